The molecule has 3 heterocycles. The van der Waals surface area contributed by atoms with Crippen LogP contribution in [0.1, 0.15) is 12.6 Å². The average Bonchev–Trinajstić information content (AvgIpc) is 2.94. The van der Waals surface area contributed by atoms with Gasteiger partial charge in [-0.2, -0.15) is 0 Å². The van der Waals surface area contributed by atoms with Crippen molar-refractivity contribution in [1.82, 2.24) is 19.5 Å². The predicted octanol–water partition coefficient (Wildman–Crippen LogP) is 1.10. The van der Waals surface area contributed by atoms with E-state index in [2.05, 4.69) is 15.0 Å². The topological polar surface area (TPSA) is 73.1 Å². The zero-order valence-corrected chi connectivity index (χ0v) is 10.0. The number of hydrogen-bond donors (Lipinski definition) is 1. The summed E-state index contributed by atoms with van der Waals surface area (Å²) in [6.07, 6.45) is 2.31. The summed E-state index contributed by atoms with van der Waals surface area (Å²) in [4.78, 5) is 12.0. The van der Waals surface area contributed by atoms with Crippen LogP contribution in [-0.4, -0.2) is 43.5 Å². The molecule has 1 N–H and O–H groups in total. The average molecular weight is 273 g/mol. The molecule has 0 aliphatic carbocycles. The van der Waals surface area contributed by atoms with Crippen LogP contribution >= 0.6 is 11.6 Å². The van der Waals surface area contributed by atoms with Crippen LogP contribution in [0, 0.1) is 0 Å². The largest absolute Gasteiger partial charge is 0.393 e. The molecule has 0 saturated carbocycles. The maximum absolute atomic E-state index is 13.9. The van der Waals surface area contributed by atoms with Crippen LogP contribution in [0.15, 0.2) is 12.7 Å². The second-order valence-electron chi connectivity index (χ2n) is 4.27. The van der Waals surface area contributed by atoms with Gasteiger partial charge in [-0.1, -0.05) is 11.6 Å². The predicted molar refractivity (Wildman–Crippen MR) is 60.9 cm³/mol. The number of aliphatic hydroxyl groups excluding tert-OH is 1. The van der Waals surface area contributed by atoms with Gasteiger partial charge >= 0.3 is 0 Å². The van der Waals surface area contributed by atoms with Crippen molar-refractivity contribution in [1.29, 1.82) is 0 Å². The molecule has 0 spiro atoms. The van der Waals surface area contributed by atoms with E-state index >= 15 is 0 Å². The summed E-state index contributed by atoms with van der Waals surface area (Å²) < 4.78 is 20.8. The van der Waals surface area contributed by atoms with Gasteiger partial charge in [0, 0.05) is 6.42 Å². The monoisotopic (exact) mass is 272 g/mol. The van der Waals surface area contributed by atoms with Crippen molar-refractivity contribution in [3.05, 3.63) is 17.8 Å². The van der Waals surface area contributed by atoms with E-state index in [1.165, 1.54) is 12.7 Å². The Morgan fingerprint density at radius 1 is 1.56 bits per heavy atom. The minimum Gasteiger partial charge on any atom is -0.393 e. The molecule has 1 aliphatic heterocycles. The first-order valence-electron chi connectivity index (χ1n) is 5.37. The van der Waals surface area contributed by atoms with Crippen molar-refractivity contribution in [2.24, 2.45) is 0 Å². The molecular weight excluding hydrogens is 263 g/mol. The molecule has 0 unspecified atom stereocenters. The number of halogens is 2. The number of aromatic nitrogens is 4. The summed E-state index contributed by atoms with van der Waals surface area (Å²) in [5.74, 6) is 0. The highest BCUT2D eigenvalue weighted by atomic mass is 35.5. The van der Waals surface area contributed by atoms with Crippen LogP contribution in [-0.2, 0) is 4.74 Å². The van der Waals surface area contributed by atoms with Crippen molar-refractivity contribution < 1.29 is 14.2 Å². The smallest absolute Gasteiger partial charge is 0.166 e. The van der Waals surface area contributed by atoms with E-state index in [1.54, 1.807) is 4.57 Å². The molecule has 3 rings (SSSR count). The van der Waals surface area contributed by atoms with Crippen molar-refractivity contribution in [3.63, 3.8) is 0 Å². The van der Waals surface area contributed by atoms with Crippen molar-refractivity contribution >= 4 is 22.8 Å². The van der Waals surface area contributed by atoms with Crippen LogP contribution in [0.5, 0.6) is 0 Å². The van der Waals surface area contributed by atoms with Gasteiger partial charge in [0.1, 0.15) is 18.1 Å². The zero-order valence-electron chi connectivity index (χ0n) is 9.25. The molecule has 2 atom stereocenters. The summed E-state index contributed by atoms with van der Waals surface area (Å²) in [6, 6.07) is 0. The van der Waals surface area contributed by atoms with Crippen LogP contribution in [0.3, 0.4) is 0 Å². The molecule has 8 heteroatoms. The van der Waals surface area contributed by atoms with E-state index in [-0.39, 0.29) is 18.2 Å². The van der Waals surface area contributed by atoms with E-state index in [0.717, 1.165) is 0 Å². The number of ether oxygens (including phenoxy) is 1. The van der Waals surface area contributed by atoms with Gasteiger partial charge in [0.15, 0.2) is 16.5 Å². The van der Waals surface area contributed by atoms with Crippen molar-refractivity contribution in [2.45, 2.75) is 18.3 Å². The van der Waals surface area contributed by atoms with E-state index in [9.17, 15) is 4.39 Å². The molecule has 0 bridgehead atoms. The number of alkyl halides is 1. The first kappa shape index (κ1) is 11.8. The van der Waals surface area contributed by atoms with Crippen LogP contribution < -0.4 is 0 Å². The third-order valence-corrected chi connectivity index (χ3v) is 3.26. The second kappa shape index (κ2) is 4.11. The number of hydrogen-bond acceptors (Lipinski definition) is 5. The number of rotatable bonds is 2. The maximum atomic E-state index is 13.9. The fraction of sp³-hybridized carbons (Fsp3) is 0.500. The molecule has 18 heavy (non-hydrogen) atoms. The molecule has 1 aliphatic rings. The van der Waals surface area contributed by atoms with Crippen molar-refractivity contribution in [3.8, 4) is 0 Å². The molecular formula is C10H10ClFN4O2. The molecule has 0 amide bonds. The summed E-state index contributed by atoms with van der Waals surface area (Å²) in [5, 5.41) is 9.21. The molecule has 2 aromatic rings. The Hall–Kier alpha value is -1.31. The van der Waals surface area contributed by atoms with E-state index in [1.807, 2.05) is 0 Å². The van der Waals surface area contributed by atoms with Crippen LogP contribution in [0.25, 0.3) is 11.2 Å². The third kappa shape index (κ3) is 1.75. The SMILES string of the molecule is OC[C@@]1(F)CO[C@H](n2cnc3c(Cl)ncnc32)C1. The van der Waals surface area contributed by atoms with Crippen LogP contribution in [0.2, 0.25) is 5.15 Å². The summed E-state index contributed by atoms with van der Waals surface area (Å²) in [5.41, 5.74) is -0.775. The van der Waals surface area contributed by atoms with Gasteiger partial charge < -0.3 is 9.84 Å². The Morgan fingerprint density at radius 2 is 2.39 bits per heavy atom. The summed E-state index contributed by atoms with van der Waals surface area (Å²) >= 11 is 5.88. The Morgan fingerprint density at radius 3 is 3.11 bits per heavy atom. The Labute approximate surface area is 106 Å². The quantitative estimate of drug-likeness (QED) is 0.829. The number of nitrogens with zero attached hydrogens (tertiary/aromatic N) is 4. The standard InChI is InChI=1S/C10H10ClFN4O2/c11-8-7-9(14-4-13-8)16(5-15-7)6-1-10(12,2-17)3-18-6/h4-6,17H,1-3H2/t6-,10+/m0/s1. The Kier molecular flexibility index (Phi) is 2.69. The maximum Gasteiger partial charge on any atom is 0.166 e. The first-order chi connectivity index (χ1) is 8.63. The molecule has 96 valence electrons. The minimum absolute atomic E-state index is 0.0522. The van der Waals surface area contributed by atoms with Gasteiger partial charge in [0.25, 0.3) is 0 Å². The molecule has 2 aromatic heterocycles. The second-order valence-corrected chi connectivity index (χ2v) is 4.63. The number of fused-ring (bicyclic) bond motifs is 1. The lowest BCUT2D eigenvalue weighted by atomic mass is 10.1. The summed E-state index contributed by atoms with van der Waals surface area (Å²) in [6.45, 7) is -0.710. The normalized spacial score (nSPS) is 28.1. The highest BCUT2D eigenvalue weighted by Crippen LogP contribution is 2.35. The van der Waals surface area contributed by atoms with Gasteiger partial charge in [-0.25, -0.2) is 19.3 Å². The zero-order chi connectivity index (χ0) is 12.8. The highest BCUT2D eigenvalue weighted by molar-refractivity contribution is 6.33. The van der Waals surface area contributed by atoms with Crippen molar-refractivity contribution in [2.75, 3.05) is 13.2 Å². The molecule has 0 aromatic carbocycles. The first-order valence-corrected chi connectivity index (χ1v) is 5.75. The van der Waals surface area contributed by atoms with Gasteiger partial charge in [0.2, 0.25) is 0 Å². The number of aliphatic hydroxyl groups is 1. The molecule has 6 nitrogen and oxygen atoms in total. The minimum atomic E-state index is -1.71. The van der Waals surface area contributed by atoms with Crippen LogP contribution in [0.4, 0.5) is 4.39 Å². The Bertz CT molecular complexity index is 592. The fourth-order valence-electron chi connectivity index (χ4n) is 2.00. The lowest BCUT2D eigenvalue weighted by Gasteiger charge is -2.14. The number of imidazole rings is 1. The molecule has 0 radical (unpaired) electrons. The lowest BCUT2D eigenvalue weighted by molar-refractivity contribution is 0.0302. The Balaban J connectivity index is 1.99. The van der Waals surface area contributed by atoms with Gasteiger partial charge in [0.05, 0.1) is 19.5 Å². The molecule has 1 saturated heterocycles. The van der Waals surface area contributed by atoms with E-state index in [0.29, 0.717) is 11.2 Å². The highest BCUT2D eigenvalue weighted by Gasteiger charge is 2.41. The summed E-state index contributed by atoms with van der Waals surface area (Å²) in [7, 11) is 0. The van der Waals surface area contributed by atoms with Gasteiger partial charge in [-0.15, -0.1) is 0 Å². The molecule has 1 fully saturated rings. The van der Waals surface area contributed by atoms with E-state index in [4.69, 9.17) is 21.4 Å². The third-order valence-electron chi connectivity index (χ3n) is 2.98. The van der Waals surface area contributed by atoms with Gasteiger partial charge in [-0.05, 0) is 0 Å². The van der Waals surface area contributed by atoms with Gasteiger partial charge in [-0.3, -0.25) is 4.57 Å². The van der Waals surface area contributed by atoms with E-state index < -0.39 is 18.5 Å². The fourth-order valence-corrected chi connectivity index (χ4v) is 2.18. The lowest BCUT2D eigenvalue weighted by Crippen LogP contribution is -2.27.